The maximum absolute atomic E-state index is 13.2. The van der Waals surface area contributed by atoms with E-state index in [1.807, 2.05) is 91.9 Å². The highest BCUT2D eigenvalue weighted by Crippen LogP contribution is 2.26. The number of aromatic nitrogens is 4. The molecule has 5 rings (SSSR count). The number of aryl methyl sites for hydroxylation is 1. The Bertz CT molecular complexity index is 1440. The molecule has 0 atom stereocenters. The minimum Gasteiger partial charge on any atom is -0.358 e. The average molecular weight is 513 g/mol. The highest BCUT2D eigenvalue weighted by molar-refractivity contribution is 7.80. The summed E-state index contributed by atoms with van der Waals surface area (Å²) in [6.07, 6.45) is 0.781. The van der Waals surface area contributed by atoms with Gasteiger partial charge in [0.2, 0.25) is 10.9 Å². The van der Waals surface area contributed by atoms with E-state index in [4.69, 9.17) is 12.2 Å². The van der Waals surface area contributed by atoms with Crippen molar-refractivity contribution in [1.29, 1.82) is 0 Å². The van der Waals surface area contributed by atoms with Gasteiger partial charge in [-0.25, -0.2) is 0 Å². The van der Waals surface area contributed by atoms with E-state index in [-0.39, 0.29) is 5.91 Å². The minimum atomic E-state index is -0.450. The Hall–Kier alpha value is -3.95. The average Bonchev–Trinajstić information content (AvgIpc) is 3.50. The van der Waals surface area contributed by atoms with E-state index in [0.29, 0.717) is 11.7 Å². The SMILES string of the molecule is CCc1nnc2sc(-c3ccc(CNC(=S)NC(=O)C(c4ccccc4)c4ccccc4)cc3)nn12. The third-order valence-corrected chi connectivity index (χ3v) is 6.98. The second-order valence-corrected chi connectivity index (χ2v) is 9.56. The summed E-state index contributed by atoms with van der Waals surface area (Å²) in [6.45, 7) is 2.53. The lowest BCUT2D eigenvalue weighted by Crippen LogP contribution is -2.41. The predicted octanol–water partition coefficient (Wildman–Crippen LogP) is 4.74. The van der Waals surface area contributed by atoms with Gasteiger partial charge in [-0.05, 0) is 28.9 Å². The van der Waals surface area contributed by atoms with Crippen LogP contribution in [0.1, 0.15) is 35.4 Å². The number of amides is 1. The molecule has 2 aromatic heterocycles. The van der Waals surface area contributed by atoms with Crippen LogP contribution in [0.5, 0.6) is 0 Å². The third kappa shape index (κ3) is 5.17. The first kappa shape index (κ1) is 23.8. The monoisotopic (exact) mass is 512 g/mol. The van der Waals surface area contributed by atoms with Crippen LogP contribution in [0.4, 0.5) is 0 Å². The van der Waals surface area contributed by atoms with Crippen molar-refractivity contribution in [3.05, 3.63) is 107 Å². The molecular formula is C27H24N6OS2. The van der Waals surface area contributed by atoms with E-state index in [1.165, 1.54) is 11.3 Å². The lowest BCUT2D eigenvalue weighted by Gasteiger charge is -2.18. The molecule has 0 aliphatic heterocycles. The molecule has 0 aliphatic carbocycles. The van der Waals surface area contributed by atoms with Crippen molar-refractivity contribution >= 4 is 39.5 Å². The maximum Gasteiger partial charge on any atom is 0.238 e. The molecule has 0 bridgehead atoms. The van der Waals surface area contributed by atoms with Crippen LogP contribution in [0.25, 0.3) is 15.5 Å². The first-order chi connectivity index (χ1) is 17.6. The van der Waals surface area contributed by atoms with Gasteiger partial charge in [-0.1, -0.05) is 103 Å². The second-order valence-electron chi connectivity index (χ2n) is 8.19. The van der Waals surface area contributed by atoms with E-state index in [9.17, 15) is 4.79 Å². The van der Waals surface area contributed by atoms with Crippen LogP contribution in [-0.4, -0.2) is 30.8 Å². The fourth-order valence-corrected chi connectivity index (χ4v) is 4.99. The zero-order valence-corrected chi connectivity index (χ0v) is 21.2. The molecule has 0 spiro atoms. The number of nitrogens with one attached hydrogen (secondary N) is 2. The summed E-state index contributed by atoms with van der Waals surface area (Å²) in [5, 5.41) is 20.2. The van der Waals surface area contributed by atoms with Crippen LogP contribution in [0.15, 0.2) is 84.9 Å². The van der Waals surface area contributed by atoms with E-state index < -0.39 is 5.92 Å². The molecule has 1 amide bonds. The van der Waals surface area contributed by atoms with Crippen molar-refractivity contribution in [2.75, 3.05) is 0 Å². The van der Waals surface area contributed by atoms with Crippen LogP contribution in [0.2, 0.25) is 0 Å². The molecule has 7 nitrogen and oxygen atoms in total. The van der Waals surface area contributed by atoms with Crippen LogP contribution in [0, 0.1) is 0 Å². The van der Waals surface area contributed by atoms with Crippen molar-refractivity contribution in [3.63, 3.8) is 0 Å². The summed E-state index contributed by atoms with van der Waals surface area (Å²) < 4.78 is 1.80. The van der Waals surface area contributed by atoms with Crippen LogP contribution < -0.4 is 10.6 Å². The zero-order chi connectivity index (χ0) is 24.9. The Balaban J connectivity index is 1.22. The van der Waals surface area contributed by atoms with E-state index in [0.717, 1.165) is 44.5 Å². The quantitative estimate of drug-likeness (QED) is 0.307. The van der Waals surface area contributed by atoms with Gasteiger partial charge in [0.25, 0.3) is 0 Å². The van der Waals surface area contributed by atoms with Crippen molar-refractivity contribution in [2.24, 2.45) is 0 Å². The highest BCUT2D eigenvalue weighted by atomic mass is 32.1. The van der Waals surface area contributed by atoms with Crippen molar-refractivity contribution < 1.29 is 4.79 Å². The Labute approximate surface area is 218 Å². The number of benzene rings is 3. The summed E-state index contributed by atoms with van der Waals surface area (Å²) in [5.74, 6) is 0.231. The Kier molecular flexibility index (Phi) is 7.11. The number of hydrogen-bond donors (Lipinski definition) is 2. The fraction of sp³-hybridized carbons (Fsp3) is 0.148. The molecule has 0 unspecified atom stereocenters. The van der Waals surface area contributed by atoms with Crippen LogP contribution in [-0.2, 0) is 17.8 Å². The van der Waals surface area contributed by atoms with Gasteiger partial charge in [0.15, 0.2) is 10.9 Å². The molecule has 0 fully saturated rings. The Morgan fingerprint density at radius 2 is 1.58 bits per heavy atom. The van der Waals surface area contributed by atoms with Gasteiger partial charge in [0, 0.05) is 18.5 Å². The maximum atomic E-state index is 13.2. The molecular weight excluding hydrogens is 488 g/mol. The summed E-state index contributed by atoms with van der Waals surface area (Å²) >= 11 is 6.95. The lowest BCUT2D eigenvalue weighted by molar-refractivity contribution is -0.120. The van der Waals surface area contributed by atoms with Crippen molar-refractivity contribution in [1.82, 2.24) is 30.4 Å². The Morgan fingerprint density at radius 1 is 0.944 bits per heavy atom. The number of nitrogens with zero attached hydrogens (tertiary/aromatic N) is 4. The predicted molar refractivity (Wildman–Crippen MR) is 146 cm³/mol. The molecule has 2 heterocycles. The standard InChI is InChI=1S/C27H24N6OS2/c1-2-22-30-31-27-33(22)32-25(36-27)21-15-13-18(14-16-21)17-28-26(35)29-24(34)23(19-9-5-3-6-10-19)20-11-7-4-8-12-20/h3-16,23H,2,17H2,1H3,(H2,28,29,34,35). The lowest BCUT2D eigenvalue weighted by atomic mass is 9.90. The fourth-order valence-electron chi connectivity index (χ4n) is 3.96. The van der Waals surface area contributed by atoms with Gasteiger partial charge in [-0.2, -0.15) is 9.61 Å². The molecule has 0 saturated heterocycles. The number of fused-ring (bicyclic) bond motifs is 1. The van der Waals surface area contributed by atoms with Crippen LogP contribution >= 0.6 is 23.6 Å². The zero-order valence-electron chi connectivity index (χ0n) is 19.6. The molecule has 180 valence electrons. The van der Waals surface area contributed by atoms with E-state index in [1.54, 1.807) is 4.52 Å². The highest BCUT2D eigenvalue weighted by Gasteiger charge is 2.23. The van der Waals surface area contributed by atoms with Gasteiger partial charge in [-0.3, -0.25) is 4.79 Å². The summed E-state index contributed by atoms with van der Waals surface area (Å²) in [5.41, 5.74) is 3.88. The second kappa shape index (κ2) is 10.8. The molecule has 2 N–H and O–H groups in total. The third-order valence-electron chi connectivity index (χ3n) is 5.79. The number of rotatable bonds is 7. The minimum absolute atomic E-state index is 0.171. The molecule has 3 aromatic carbocycles. The Morgan fingerprint density at radius 3 is 2.19 bits per heavy atom. The summed E-state index contributed by atoms with van der Waals surface area (Å²) in [4.78, 5) is 14.0. The van der Waals surface area contributed by atoms with Crippen LogP contribution in [0.3, 0.4) is 0 Å². The van der Waals surface area contributed by atoms with Gasteiger partial charge in [0.1, 0.15) is 5.01 Å². The molecule has 0 saturated carbocycles. The first-order valence-electron chi connectivity index (χ1n) is 11.6. The van der Waals surface area contributed by atoms with Gasteiger partial charge < -0.3 is 10.6 Å². The molecule has 9 heteroatoms. The number of carbonyl (C=O) groups is 1. The molecule has 5 aromatic rings. The van der Waals surface area contributed by atoms with Gasteiger partial charge in [0.05, 0.1) is 5.92 Å². The number of thiocarbonyl (C=S) groups is 1. The van der Waals surface area contributed by atoms with Gasteiger partial charge in [-0.15, -0.1) is 10.2 Å². The summed E-state index contributed by atoms with van der Waals surface area (Å²) in [6, 6.07) is 27.5. The number of hydrogen-bond acceptors (Lipinski definition) is 6. The molecule has 0 radical (unpaired) electrons. The van der Waals surface area contributed by atoms with Crippen molar-refractivity contribution in [3.8, 4) is 10.6 Å². The van der Waals surface area contributed by atoms with Gasteiger partial charge >= 0.3 is 0 Å². The van der Waals surface area contributed by atoms with E-state index in [2.05, 4.69) is 25.9 Å². The molecule has 0 aliphatic rings. The topological polar surface area (TPSA) is 84.2 Å². The van der Waals surface area contributed by atoms with Crippen molar-refractivity contribution in [2.45, 2.75) is 25.8 Å². The normalized spacial score (nSPS) is 11.1. The van der Waals surface area contributed by atoms with E-state index >= 15 is 0 Å². The first-order valence-corrected chi connectivity index (χ1v) is 12.8. The molecule has 36 heavy (non-hydrogen) atoms. The summed E-state index contributed by atoms with van der Waals surface area (Å²) in [7, 11) is 0. The number of carbonyl (C=O) groups excluding carboxylic acids is 1. The smallest absolute Gasteiger partial charge is 0.238 e. The largest absolute Gasteiger partial charge is 0.358 e.